The van der Waals surface area contributed by atoms with Crippen molar-refractivity contribution in [1.82, 2.24) is 10.2 Å². The standard InChI is InChI=1S/C21H31FN2/c1-24(2)9-3-8-23-21(17-4-6-20(22)7-5-17)18-11-15-10-16(13-18)14-19(21)12-15/h4-7,15-16,18-19,23H,3,8-14H2,1-2H3. The predicted octanol–water partition coefficient (Wildman–Crippen LogP) is 4.02. The molecule has 1 aromatic rings. The lowest BCUT2D eigenvalue weighted by molar-refractivity contribution is -0.0779. The zero-order chi connectivity index (χ0) is 16.7. The molecule has 0 saturated heterocycles. The van der Waals surface area contributed by atoms with Gasteiger partial charge in [0.05, 0.1) is 0 Å². The summed E-state index contributed by atoms with van der Waals surface area (Å²) in [6, 6.07) is 7.42. The maximum atomic E-state index is 13.5. The van der Waals surface area contributed by atoms with Crippen LogP contribution in [0.3, 0.4) is 0 Å². The summed E-state index contributed by atoms with van der Waals surface area (Å²) in [5, 5.41) is 4.02. The number of hydrogen-bond acceptors (Lipinski definition) is 2. The molecule has 0 aromatic heterocycles. The van der Waals surface area contributed by atoms with E-state index >= 15 is 0 Å². The Hall–Kier alpha value is -0.930. The molecule has 4 aliphatic carbocycles. The van der Waals surface area contributed by atoms with E-state index in [4.69, 9.17) is 0 Å². The van der Waals surface area contributed by atoms with Crippen molar-refractivity contribution in [2.45, 2.75) is 44.1 Å². The quantitative estimate of drug-likeness (QED) is 0.793. The van der Waals surface area contributed by atoms with E-state index in [1.54, 1.807) is 12.1 Å². The summed E-state index contributed by atoms with van der Waals surface area (Å²) in [6.07, 6.45) is 8.10. The molecule has 0 amide bonds. The summed E-state index contributed by atoms with van der Waals surface area (Å²) in [5.74, 6) is 3.25. The SMILES string of the molecule is CN(C)CCCNC1(c2ccc(F)cc2)C2CC3CC(C2)CC1C3. The molecule has 4 aliphatic rings. The van der Waals surface area contributed by atoms with Gasteiger partial charge in [0.1, 0.15) is 5.82 Å². The molecule has 0 atom stereocenters. The van der Waals surface area contributed by atoms with Gasteiger partial charge >= 0.3 is 0 Å². The summed E-state index contributed by atoms with van der Waals surface area (Å²) in [6.45, 7) is 2.17. The van der Waals surface area contributed by atoms with Crippen molar-refractivity contribution < 1.29 is 4.39 Å². The highest BCUT2D eigenvalue weighted by Gasteiger charge is 2.57. The van der Waals surface area contributed by atoms with E-state index in [1.807, 2.05) is 0 Å². The van der Waals surface area contributed by atoms with Crippen molar-refractivity contribution in [1.29, 1.82) is 0 Å². The zero-order valence-corrected chi connectivity index (χ0v) is 15.1. The van der Waals surface area contributed by atoms with Crippen LogP contribution in [0.5, 0.6) is 0 Å². The molecule has 1 N–H and O–H groups in total. The number of hydrogen-bond donors (Lipinski definition) is 1. The van der Waals surface area contributed by atoms with E-state index in [9.17, 15) is 4.39 Å². The zero-order valence-electron chi connectivity index (χ0n) is 15.1. The molecule has 132 valence electrons. The minimum Gasteiger partial charge on any atom is -0.309 e. The molecule has 0 radical (unpaired) electrons. The van der Waals surface area contributed by atoms with E-state index < -0.39 is 0 Å². The molecule has 0 heterocycles. The van der Waals surface area contributed by atoms with Gasteiger partial charge < -0.3 is 10.2 Å². The highest BCUT2D eigenvalue weighted by molar-refractivity contribution is 5.30. The number of nitrogens with one attached hydrogen (secondary N) is 1. The Bertz CT molecular complexity index is 538. The molecule has 4 fully saturated rings. The van der Waals surface area contributed by atoms with Gasteiger partial charge in [-0.3, -0.25) is 0 Å². The number of halogens is 1. The molecule has 24 heavy (non-hydrogen) atoms. The third-order valence-electron chi connectivity index (χ3n) is 6.95. The van der Waals surface area contributed by atoms with Crippen molar-refractivity contribution in [3.8, 4) is 0 Å². The Morgan fingerprint density at radius 2 is 1.58 bits per heavy atom. The number of rotatable bonds is 6. The fourth-order valence-electron chi connectivity index (χ4n) is 6.21. The van der Waals surface area contributed by atoms with Crippen LogP contribution in [0.2, 0.25) is 0 Å². The van der Waals surface area contributed by atoms with Crippen molar-refractivity contribution in [2.75, 3.05) is 27.2 Å². The fourth-order valence-corrected chi connectivity index (χ4v) is 6.21. The maximum Gasteiger partial charge on any atom is 0.123 e. The van der Waals surface area contributed by atoms with Gasteiger partial charge in [0.15, 0.2) is 0 Å². The van der Waals surface area contributed by atoms with E-state index in [0.717, 1.165) is 36.8 Å². The Kier molecular flexibility index (Phi) is 4.42. The summed E-state index contributed by atoms with van der Waals surface area (Å²) < 4.78 is 13.5. The van der Waals surface area contributed by atoms with E-state index in [-0.39, 0.29) is 11.4 Å². The highest BCUT2D eigenvalue weighted by Crippen LogP contribution is 2.61. The van der Waals surface area contributed by atoms with Crippen LogP contribution in [-0.2, 0) is 5.54 Å². The van der Waals surface area contributed by atoms with E-state index in [2.05, 4.69) is 36.4 Å². The number of nitrogens with zero attached hydrogens (tertiary/aromatic N) is 1. The second-order valence-electron chi connectivity index (χ2n) is 8.76. The Balaban J connectivity index is 1.61. The summed E-state index contributed by atoms with van der Waals surface area (Å²) in [5.41, 5.74) is 1.43. The van der Waals surface area contributed by atoms with Gasteiger partial charge in [-0.25, -0.2) is 4.39 Å². The van der Waals surface area contributed by atoms with Crippen molar-refractivity contribution >= 4 is 0 Å². The largest absolute Gasteiger partial charge is 0.309 e. The second kappa shape index (κ2) is 6.42. The first-order chi connectivity index (χ1) is 11.6. The molecular weight excluding hydrogens is 299 g/mol. The number of benzene rings is 1. The summed E-state index contributed by atoms with van der Waals surface area (Å²) in [4.78, 5) is 2.25. The fraction of sp³-hybridized carbons (Fsp3) is 0.714. The van der Waals surface area contributed by atoms with Crippen molar-refractivity contribution in [3.05, 3.63) is 35.6 Å². The van der Waals surface area contributed by atoms with Crippen LogP contribution < -0.4 is 5.32 Å². The third-order valence-corrected chi connectivity index (χ3v) is 6.95. The summed E-state index contributed by atoms with van der Waals surface area (Å²) >= 11 is 0. The lowest BCUT2D eigenvalue weighted by Gasteiger charge is -2.62. The first-order valence-electron chi connectivity index (χ1n) is 9.73. The normalized spacial score (nSPS) is 37.3. The second-order valence-corrected chi connectivity index (χ2v) is 8.76. The Morgan fingerprint density at radius 3 is 2.12 bits per heavy atom. The van der Waals surface area contributed by atoms with Gasteiger partial charge in [-0.05, 0) is 107 Å². The molecule has 5 rings (SSSR count). The van der Waals surface area contributed by atoms with Gasteiger partial charge in [-0.15, -0.1) is 0 Å². The maximum absolute atomic E-state index is 13.5. The van der Waals surface area contributed by atoms with Crippen LogP contribution in [0.15, 0.2) is 24.3 Å². The first-order valence-corrected chi connectivity index (χ1v) is 9.73. The molecule has 4 saturated carbocycles. The smallest absolute Gasteiger partial charge is 0.123 e. The molecular formula is C21H31FN2. The molecule has 0 unspecified atom stereocenters. The van der Waals surface area contributed by atoms with Gasteiger partial charge in [0.25, 0.3) is 0 Å². The average Bonchev–Trinajstić information content (AvgIpc) is 2.54. The molecule has 4 bridgehead atoms. The average molecular weight is 330 g/mol. The van der Waals surface area contributed by atoms with Gasteiger partial charge in [0, 0.05) is 5.54 Å². The minimum absolute atomic E-state index is 0.0907. The summed E-state index contributed by atoms with van der Waals surface area (Å²) in [7, 11) is 4.28. The molecule has 3 heteroatoms. The van der Waals surface area contributed by atoms with E-state index in [0.29, 0.717) is 0 Å². The van der Waals surface area contributed by atoms with Gasteiger partial charge in [-0.1, -0.05) is 12.1 Å². The van der Waals surface area contributed by atoms with Crippen molar-refractivity contribution in [2.24, 2.45) is 23.7 Å². The molecule has 0 spiro atoms. The van der Waals surface area contributed by atoms with Gasteiger partial charge in [0.2, 0.25) is 0 Å². The van der Waals surface area contributed by atoms with Crippen molar-refractivity contribution in [3.63, 3.8) is 0 Å². The van der Waals surface area contributed by atoms with Crippen LogP contribution in [0.4, 0.5) is 4.39 Å². The molecule has 1 aromatic carbocycles. The lowest BCUT2D eigenvalue weighted by Crippen LogP contribution is -2.62. The van der Waals surface area contributed by atoms with Gasteiger partial charge in [-0.2, -0.15) is 0 Å². The van der Waals surface area contributed by atoms with E-state index in [1.165, 1.54) is 44.1 Å². The molecule has 2 nitrogen and oxygen atoms in total. The Morgan fingerprint density at radius 1 is 1.00 bits per heavy atom. The third kappa shape index (κ3) is 2.80. The van der Waals surface area contributed by atoms with Crippen LogP contribution in [0.25, 0.3) is 0 Å². The predicted molar refractivity (Wildman–Crippen MR) is 96.3 cm³/mol. The van der Waals surface area contributed by atoms with Crippen LogP contribution in [0.1, 0.15) is 44.1 Å². The monoisotopic (exact) mass is 330 g/mol. The highest BCUT2D eigenvalue weighted by atomic mass is 19.1. The topological polar surface area (TPSA) is 15.3 Å². The first kappa shape index (κ1) is 16.5. The van der Waals surface area contributed by atoms with Crippen LogP contribution in [0, 0.1) is 29.5 Å². The van der Waals surface area contributed by atoms with Crippen LogP contribution >= 0.6 is 0 Å². The lowest BCUT2D eigenvalue weighted by atomic mass is 9.47. The van der Waals surface area contributed by atoms with Crippen LogP contribution in [-0.4, -0.2) is 32.1 Å². The minimum atomic E-state index is -0.120. The Labute approximate surface area is 145 Å². The molecule has 0 aliphatic heterocycles.